The maximum Gasteiger partial charge on any atom is 0.321 e. The number of likely N-dealkylation sites (N-methyl/N-ethyl adjacent to an activating group) is 1. The van der Waals surface area contributed by atoms with Gasteiger partial charge in [-0.3, -0.25) is 5.32 Å². The van der Waals surface area contributed by atoms with Gasteiger partial charge in [0.2, 0.25) is 0 Å². The molecule has 2 amide bonds. The first kappa shape index (κ1) is 12.3. The summed E-state index contributed by atoms with van der Waals surface area (Å²) in [6.07, 6.45) is 2.19. The molecule has 1 aromatic heterocycles. The fourth-order valence-electron chi connectivity index (χ4n) is 2.01. The number of aryl methyl sites for hydroxylation is 1. The zero-order chi connectivity index (χ0) is 12.3. The van der Waals surface area contributed by atoms with Gasteiger partial charge < -0.3 is 10.2 Å². The van der Waals surface area contributed by atoms with E-state index in [2.05, 4.69) is 27.6 Å². The van der Waals surface area contributed by atoms with E-state index in [4.69, 9.17) is 0 Å². The zero-order valence-electron chi connectivity index (χ0n) is 10.2. The van der Waals surface area contributed by atoms with E-state index in [1.54, 1.807) is 0 Å². The van der Waals surface area contributed by atoms with Gasteiger partial charge in [-0.1, -0.05) is 0 Å². The highest BCUT2D eigenvalue weighted by atomic mass is 32.1. The minimum absolute atomic E-state index is 0.153. The Hall–Kier alpha value is -1.14. The summed E-state index contributed by atoms with van der Waals surface area (Å²) in [5, 5.41) is 8.32. The van der Waals surface area contributed by atoms with Crippen molar-refractivity contribution < 1.29 is 4.79 Å². The Labute approximate surface area is 105 Å². The van der Waals surface area contributed by atoms with Crippen molar-refractivity contribution in [2.75, 3.05) is 25.5 Å². The number of aromatic nitrogens is 1. The normalized spacial score (nSPS) is 21.2. The standard InChI is InChI=1S/C11H18N4OS/c1-8-7-17-11(12-8)14-10(16)13-9-4-3-5-15(2)6-9/h7,9H,3-6H2,1-2H3,(H2,12,13,14,16)/t9-/m1/s1. The van der Waals surface area contributed by atoms with Crippen molar-refractivity contribution >= 4 is 22.5 Å². The van der Waals surface area contributed by atoms with Gasteiger partial charge in [-0.15, -0.1) is 11.3 Å². The molecule has 0 aliphatic carbocycles. The third-order valence-electron chi connectivity index (χ3n) is 2.80. The van der Waals surface area contributed by atoms with Crippen molar-refractivity contribution in [1.29, 1.82) is 0 Å². The smallest absolute Gasteiger partial charge is 0.321 e. The number of thiazole rings is 1. The maximum absolute atomic E-state index is 11.7. The quantitative estimate of drug-likeness (QED) is 0.844. The summed E-state index contributed by atoms with van der Waals surface area (Å²) in [6.45, 7) is 3.95. The number of anilines is 1. The fourth-order valence-corrected chi connectivity index (χ4v) is 2.70. The summed E-state index contributed by atoms with van der Waals surface area (Å²) in [5.41, 5.74) is 0.933. The van der Waals surface area contributed by atoms with E-state index in [9.17, 15) is 4.79 Å². The average molecular weight is 254 g/mol. The number of nitrogens with zero attached hydrogens (tertiary/aromatic N) is 2. The van der Waals surface area contributed by atoms with E-state index < -0.39 is 0 Å². The second-order valence-corrected chi connectivity index (χ2v) is 5.35. The molecule has 94 valence electrons. The van der Waals surface area contributed by atoms with Crippen LogP contribution < -0.4 is 10.6 Å². The number of urea groups is 1. The molecule has 6 heteroatoms. The minimum atomic E-state index is -0.153. The Kier molecular flexibility index (Phi) is 3.96. The lowest BCUT2D eigenvalue weighted by atomic mass is 10.1. The summed E-state index contributed by atoms with van der Waals surface area (Å²) in [5.74, 6) is 0. The van der Waals surface area contributed by atoms with Crippen LogP contribution in [0.1, 0.15) is 18.5 Å². The third-order valence-corrected chi connectivity index (χ3v) is 3.67. The van der Waals surface area contributed by atoms with E-state index in [0.29, 0.717) is 5.13 Å². The SMILES string of the molecule is Cc1csc(NC(=O)N[C@@H]2CCCN(C)C2)n1. The molecule has 0 saturated carbocycles. The van der Waals surface area contributed by atoms with Gasteiger partial charge in [0.15, 0.2) is 5.13 Å². The van der Waals surface area contributed by atoms with Gasteiger partial charge in [-0.25, -0.2) is 9.78 Å². The number of piperidine rings is 1. The van der Waals surface area contributed by atoms with E-state index in [1.807, 2.05) is 12.3 Å². The first-order valence-corrected chi connectivity index (χ1v) is 6.69. The number of nitrogens with one attached hydrogen (secondary N) is 2. The minimum Gasteiger partial charge on any atom is -0.334 e. The van der Waals surface area contributed by atoms with Crippen LogP contribution >= 0.6 is 11.3 Å². The highest BCUT2D eigenvalue weighted by Crippen LogP contribution is 2.14. The molecule has 1 atom stereocenters. The predicted octanol–water partition coefficient (Wildman–Crippen LogP) is 1.67. The molecule has 0 spiro atoms. The Balaban J connectivity index is 1.80. The van der Waals surface area contributed by atoms with Crippen LogP contribution in [-0.4, -0.2) is 42.1 Å². The van der Waals surface area contributed by atoms with Gasteiger partial charge >= 0.3 is 6.03 Å². The number of amides is 2. The molecule has 1 saturated heterocycles. The monoisotopic (exact) mass is 254 g/mol. The molecule has 0 unspecified atom stereocenters. The molecule has 1 aromatic rings. The third kappa shape index (κ3) is 3.67. The lowest BCUT2D eigenvalue weighted by molar-refractivity contribution is 0.216. The van der Waals surface area contributed by atoms with Crippen LogP contribution in [0.2, 0.25) is 0 Å². The molecule has 1 aliphatic heterocycles. The Morgan fingerprint density at radius 1 is 1.65 bits per heavy atom. The molecular formula is C11H18N4OS. The zero-order valence-corrected chi connectivity index (χ0v) is 11.0. The number of rotatable bonds is 2. The van der Waals surface area contributed by atoms with Crippen LogP contribution in [0.25, 0.3) is 0 Å². The van der Waals surface area contributed by atoms with Gasteiger partial charge in [-0.2, -0.15) is 0 Å². The molecule has 2 N–H and O–H groups in total. The molecule has 1 aliphatic rings. The molecule has 2 heterocycles. The van der Waals surface area contributed by atoms with Crippen LogP contribution in [-0.2, 0) is 0 Å². The van der Waals surface area contributed by atoms with E-state index in [1.165, 1.54) is 11.3 Å². The topological polar surface area (TPSA) is 57.3 Å². The highest BCUT2D eigenvalue weighted by molar-refractivity contribution is 7.13. The van der Waals surface area contributed by atoms with Gasteiger partial charge in [0.25, 0.3) is 0 Å². The number of likely N-dealkylation sites (tertiary alicyclic amines) is 1. The van der Waals surface area contributed by atoms with E-state index in [0.717, 1.165) is 31.6 Å². The van der Waals surface area contributed by atoms with Gasteiger partial charge in [-0.05, 0) is 33.4 Å². The number of carbonyl (C=O) groups excluding carboxylic acids is 1. The van der Waals surface area contributed by atoms with Crippen molar-refractivity contribution in [2.45, 2.75) is 25.8 Å². The molecule has 0 aromatic carbocycles. The molecule has 0 radical (unpaired) electrons. The summed E-state index contributed by atoms with van der Waals surface area (Å²) >= 11 is 1.45. The summed E-state index contributed by atoms with van der Waals surface area (Å²) in [4.78, 5) is 18.2. The fraction of sp³-hybridized carbons (Fsp3) is 0.636. The summed E-state index contributed by atoms with van der Waals surface area (Å²) in [6, 6.07) is 0.0921. The lowest BCUT2D eigenvalue weighted by Crippen LogP contribution is -2.47. The van der Waals surface area contributed by atoms with Crippen molar-refractivity contribution in [3.05, 3.63) is 11.1 Å². The molecule has 5 nitrogen and oxygen atoms in total. The van der Waals surface area contributed by atoms with Crippen LogP contribution in [0.4, 0.5) is 9.93 Å². The Bertz CT molecular complexity index is 393. The number of carbonyl (C=O) groups is 1. The first-order chi connectivity index (χ1) is 8.13. The molecule has 0 bridgehead atoms. The van der Waals surface area contributed by atoms with Gasteiger partial charge in [0.1, 0.15) is 0 Å². The predicted molar refractivity (Wildman–Crippen MR) is 69.5 cm³/mol. The molecule has 2 rings (SSSR count). The first-order valence-electron chi connectivity index (χ1n) is 5.81. The second-order valence-electron chi connectivity index (χ2n) is 4.49. The van der Waals surface area contributed by atoms with Gasteiger partial charge in [0.05, 0.1) is 5.69 Å². The second kappa shape index (κ2) is 5.46. The van der Waals surface area contributed by atoms with Crippen LogP contribution in [0.5, 0.6) is 0 Å². The van der Waals surface area contributed by atoms with Crippen molar-refractivity contribution in [2.24, 2.45) is 0 Å². The maximum atomic E-state index is 11.7. The number of hydrogen-bond donors (Lipinski definition) is 2. The largest absolute Gasteiger partial charge is 0.334 e. The highest BCUT2D eigenvalue weighted by Gasteiger charge is 2.19. The van der Waals surface area contributed by atoms with Crippen LogP contribution in [0.15, 0.2) is 5.38 Å². The van der Waals surface area contributed by atoms with Gasteiger partial charge in [0, 0.05) is 18.0 Å². The van der Waals surface area contributed by atoms with Crippen molar-refractivity contribution in [3.8, 4) is 0 Å². The van der Waals surface area contributed by atoms with Crippen molar-refractivity contribution in [3.63, 3.8) is 0 Å². The molecular weight excluding hydrogens is 236 g/mol. The van der Waals surface area contributed by atoms with Crippen molar-refractivity contribution in [1.82, 2.24) is 15.2 Å². The number of hydrogen-bond acceptors (Lipinski definition) is 4. The average Bonchev–Trinajstić information content (AvgIpc) is 2.63. The summed E-state index contributed by atoms with van der Waals surface area (Å²) < 4.78 is 0. The summed E-state index contributed by atoms with van der Waals surface area (Å²) in [7, 11) is 2.08. The Morgan fingerprint density at radius 2 is 2.47 bits per heavy atom. The Morgan fingerprint density at radius 3 is 3.12 bits per heavy atom. The van der Waals surface area contributed by atoms with Crippen LogP contribution in [0, 0.1) is 6.92 Å². The van der Waals surface area contributed by atoms with Crippen LogP contribution in [0.3, 0.4) is 0 Å². The molecule has 17 heavy (non-hydrogen) atoms. The van der Waals surface area contributed by atoms with E-state index >= 15 is 0 Å². The lowest BCUT2D eigenvalue weighted by Gasteiger charge is -2.30. The van der Waals surface area contributed by atoms with E-state index in [-0.39, 0.29) is 12.1 Å². The molecule has 1 fully saturated rings.